The molecule has 0 aliphatic carbocycles. The summed E-state index contributed by atoms with van der Waals surface area (Å²) in [6, 6.07) is 8.82. The van der Waals surface area contributed by atoms with E-state index in [2.05, 4.69) is 5.32 Å². The van der Waals surface area contributed by atoms with Crippen LogP contribution in [-0.4, -0.2) is 5.91 Å². The minimum absolute atomic E-state index is 0.126. The molecule has 0 atom stereocenters. The van der Waals surface area contributed by atoms with Crippen molar-refractivity contribution in [3.63, 3.8) is 0 Å². The van der Waals surface area contributed by atoms with E-state index in [9.17, 15) is 4.79 Å². The lowest BCUT2D eigenvalue weighted by Crippen LogP contribution is -2.23. The molecule has 2 rings (SSSR count). The second kappa shape index (κ2) is 4.74. The number of anilines is 1. The van der Waals surface area contributed by atoms with Crippen molar-refractivity contribution in [2.24, 2.45) is 0 Å². The number of hydrogen-bond acceptors (Lipinski definition) is 3. The number of carbonyl (C=O) groups excluding carboxylic acids is 1. The molecule has 0 radical (unpaired) electrons. The van der Waals surface area contributed by atoms with Gasteiger partial charge in [-0.05, 0) is 42.8 Å². The number of aryl methyl sites for hydroxylation is 1. The SMILES string of the molecule is Cc1cc(N)ccc1C(=O)NCc1ccco1. The zero-order valence-electron chi connectivity index (χ0n) is 9.57. The van der Waals surface area contributed by atoms with Crippen LogP contribution in [0.25, 0.3) is 0 Å². The summed E-state index contributed by atoms with van der Waals surface area (Å²) < 4.78 is 5.13. The van der Waals surface area contributed by atoms with Gasteiger partial charge < -0.3 is 15.5 Å². The Kier molecular flexibility index (Phi) is 3.14. The molecule has 2 aromatic rings. The zero-order chi connectivity index (χ0) is 12.3. The van der Waals surface area contributed by atoms with Crippen molar-refractivity contribution in [3.05, 3.63) is 53.5 Å². The average molecular weight is 230 g/mol. The van der Waals surface area contributed by atoms with Gasteiger partial charge in [-0.15, -0.1) is 0 Å². The first-order valence-corrected chi connectivity index (χ1v) is 5.33. The molecule has 1 aromatic carbocycles. The lowest BCUT2D eigenvalue weighted by molar-refractivity contribution is 0.0947. The van der Waals surface area contributed by atoms with Crippen LogP contribution >= 0.6 is 0 Å². The van der Waals surface area contributed by atoms with Crippen LogP contribution in [0.5, 0.6) is 0 Å². The van der Waals surface area contributed by atoms with Gasteiger partial charge in [0.25, 0.3) is 5.91 Å². The van der Waals surface area contributed by atoms with E-state index in [0.29, 0.717) is 17.8 Å². The van der Waals surface area contributed by atoms with Crippen LogP contribution in [0, 0.1) is 6.92 Å². The predicted molar refractivity (Wildman–Crippen MR) is 65.5 cm³/mol. The first-order valence-electron chi connectivity index (χ1n) is 5.33. The monoisotopic (exact) mass is 230 g/mol. The highest BCUT2D eigenvalue weighted by Crippen LogP contribution is 2.12. The Morgan fingerprint density at radius 3 is 2.88 bits per heavy atom. The number of furan rings is 1. The third kappa shape index (κ3) is 2.66. The van der Waals surface area contributed by atoms with Crippen molar-refractivity contribution in [3.8, 4) is 0 Å². The number of benzene rings is 1. The fraction of sp³-hybridized carbons (Fsp3) is 0.154. The van der Waals surface area contributed by atoms with Gasteiger partial charge >= 0.3 is 0 Å². The molecule has 1 aromatic heterocycles. The number of amides is 1. The minimum Gasteiger partial charge on any atom is -0.467 e. The van der Waals surface area contributed by atoms with Crippen molar-refractivity contribution < 1.29 is 9.21 Å². The van der Waals surface area contributed by atoms with Crippen molar-refractivity contribution in [1.82, 2.24) is 5.32 Å². The smallest absolute Gasteiger partial charge is 0.251 e. The number of nitrogen functional groups attached to an aromatic ring is 1. The van der Waals surface area contributed by atoms with Crippen LogP contribution < -0.4 is 11.1 Å². The number of nitrogens with one attached hydrogen (secondary N) is 1. The summed E-state index contributed by atoms with van der Waals surface area (Å²) >= 11 is 0. The standard InChI is InChI=1S/C13H14N2O2/c1-9-7-10(14)4-5-12(9)13(16)15-8-11-3-2-6-17-11/h2-7H,8,14H2,1H3,(H,15,16). The Hall–Kier alpha value is -2.23. The third-order valence-corrected chi connectivity index (χ3v) is 2.50. The molecule has 0 fully saturated rings. The van der Waals surface area contributed by atoms with Gasteiger partial charge in [0, 0.05) is 11.3 Å². The molecule has 0 spiro atoms. The topological polar surface area (TPSA) is 68.3 Å². The van der Waals surface area contributed by atoms with Crippen molar-refractivity contribution in [1.29, 1.82) is 0 Å². The maximum atomic E-state index is 11.9. The minimum atomic E-state index is -0.126. The van der Waals surface area contributed by atoms with Gasteiger partial charge in [-0.1, -0.05) is 0 Å². The number of nitrogens with two attached hydrogens (primary N) is 1. The van der Waals surface area contributed by atoms with Gasteiger partial charge in [0.1, 0.15) is 5.76 Å². The van der Waals surface area contributed by atoms with Crippen molar-refractivity contribution in [2.45, 2.75) is 13.5 Å². The van der Waals surface area contributed by atoms with Gasteiger partial charge in [-0.2, -0.15) is 0 Å². The van der Waals surface area contributed by atoms with Crippen LogP contribution in [0.3, 0.4) is 0 Å². The van der Waals surface area contributed by atoms with E-state index in [0.717, 1.165) is 11.3 Å². The molecule has 4 heteroatoms. The van der Waals surface area contributed by atoms with E-state index in [1.165, 1.54) is 0 Å². The Bertz CT molecular complexity index is 518. The highest BCUT2D eigenvalue weighted by molar-refractivity contribution is 5.95. The quantitative estimate of drug-likeness (QED) is 0.793. The maximum absolute atomic E-state index is 11.9. The normalized spacial score (nSPS) is 10.2. The number of carbonyl (C=O) groups is 1. The van der Waals surface area contributed by atoms with Crippen LogP contribution in [0.2, 0.25) is 0 Å². The molecule has 0 bridgehead atoms. The summed E-state index contributed by atoms with van der Waals surface area (Å²) in [5.74, 6) is 0.602. The first kappa shape index (κ1) is 11.3. The number of hydrogen-bond donors (Lipinski definition) is 2. The molecule has 3 N–H and O–H groups in total. The predicted octanol–water partition coefficient (Wildman–Crippen LogP) is 2.10. The molecule has 0 unspecified atom stereocenters. The van der Waals surface area contributed by atoms with E-state index in [-0.39, 0.29) is 5.91 Å². The largest absolute Gasteiger partial charge is 0.467 e. The maximum Gasteiger partial charge on any atom is 0.251 e. The molecule has 0 saturated heterocycles. The molecular formula is C13H14N2O2. The highest BCUT2D eigenvalue weighted by Gasteiger charge is 2.09. The fourth-order valence-corrected chi connectivity index (χ4v) is 1.62. The van der Waals surface area contributed by atoms with E-state index >= 15 is 0 Å². The van der Waals surface area contributed by atoms with E-state index in [1.807, 2.05) is 13.0 Å². The fourth-order valence-electron chi connectivity index (χ4n) is 1.62. The van der Waals surface area contributed by atoms with Crippen LogP contribution in [-0.2, 0) is 6.54 Å². The molecule has 0 aliphatic rings. The lowest BCUT2D eigenvalue weighted by atomic mass is 10.1. The summed E-state index contributed by atoms with van der Waals surface area (Å²) in [6.45, 7) is 2.24. The second-order valence-electron chi connectivity index (χ2n) is 3.84. The van der Waals surface area contributed by atoms with Gasteiger partial charge in [-0.25, -0.2) is 0 Å². The van der Waals surface area contributed by atoms with Gasteiger partial charge in [0.05, 0.1) is 12.8 Å². The Labute approximate surface area is 99.4 Å². The number of rotatable bonds is 3. The summed E-state index contributed by atoms with van der Waals surface area (Å²) in [5.41, 5.74) is 7.78. The highest BCUT2D eigenvalue weighted by atomic mass is 16.3. The van der Waals surface area contributed by atoms with Crippen molar-refractivity contribution in [2.75, 3.05) is 5.73 Å². The summed E-state index contributed by atoms with van der Waals surface area (Å²) in [4.78, 5) is 11.9. The Morgan fingerprint density at radius 2 is 2.24 bits per heavy atom. The van der Waals surface area contributed by atoms with Crippen LogP contribution in [0.1, 0.15) is 21.7 Å². The van der Waals surface area contributed by atoms with E-state index < -0.39 is 0 Å². The molecule has 17 heavy (non-hydrogen) atoms. The lowest BCUT2D eigenvalue weighted by Gasteiger charge is -2.07. The van der Waals surface area contributed by atoms with Gasteiger partial charge in [0.15, 0.2) is 0 Å². The Balaban J connectivity index is 2.04. The molecule has 0 saturated carbocycles. The van der Waals surface area contributed by atoms with Gasteiger partial charge in [-0.3, -0.25) is 4.79 Å². The molecular weight excluding hydrogens is 216 g/mol. The second-order valence-corrected chi connectivity index (χ2v) is 3.84. The average Bonchev–Trinajstić information content (AvgIpc) is 2.78. The zero-order valence-corrected chi connectivity index (χ0v) is 9.57. The van der Waals surface area contributed by atoms with Gasteiger partial charge in [0.2, 0.25) is 0 Å². The first-order chi connectivity index (χ1) is 8.16. The molecule has 0 aliphatic heterocycles. The van der Waals surface area contributed by atoms with Crippen LogP contribution in [0.15, 0.2) is 41.0 Å². The molecule has 1 amide bonds. The molecule has 1 heterocycles. The van der Waals surface area contributed by atoms with Crippen molar-refractivity contribution >= 4 is 11.6 Å². The summed E-state index contributed by atoms with van der Waals surface area (Å²) in [7, 11) is 0. The van der Waals surface area contributed by atoms with Crippen LogP contribution in [0.4, 0.5) is 5.69 Å². The van der Waals surface area contributed by atoms with E-state index in [1.54, 1.807) is 30.5 Å². The molecule has 88 valence electrons. The third-order valence-electron chi connectivity index (χ3n) is 2.50. The Morgan fingerprint density at radius 1 is 1.41 bits per heavy atom. The summed E-state index contributed by atoms with van der Waals surface area (Å²) in [6.07, 6.45) is 1.58. The summed E-state index contributed by atoms with van der Waals surface area (Å²) in [5, 5.41) is 2.79. The molecule has 4 nitrogen and oxygen atoms in total. The van der Waals surface area contributed by atoms with E-state index in [4.69, 9.17) is 10.2 Å².